The van der Waals surface area contributed by atoms with E-state index in [0.717, 1.165) is 50.4 Å². The number of fused-ring (bicyclic) bond motifs is 2. The Morgan fingerprint density at radius 1 is 1.07 bits per heavy atom. The van der Waals surface area contributed by atoms with Gasteiger partial charge in [0.25, 0.3) is 0 Å². The molecule has 5 heteroatoms. The average molecular weight is 408 g/mol. The molecule has 2 aromatic rings. The Morgan fingerprint density at radius 3 is 2.70 bits per heavy atom. The van der Waals surface area contributed by atoms with Gasteiger partial charge in [0.15, 0.2) is 0 Å². The van der Waals surface area contributed by atoms with Crippen LogP contribution in [0.5, 0.6) is 11.5 Å². The van der Waals surface area contributed by atoms with Crippen LogP contribution >= 0.6 is 0 Å². The third-order valence-corrected chi connectivity index (χ3v) is 7.04. The van der Waals surface area contributed by atoms with Crippen LogP contribution in [0.3, 0.4) is 0 Å². The molecule has 1 aliphatic heterocycles. The summed E-state index contributed by atoms with van der Waals surface area (Å²) in [6.07, 6.45) is 3.94. The normalized spacial score (nSPS) is 32.0. The van der Waals surface area contributed by atoms with E-state index >= 15 is 0 Å². The highest BCUT2D eigenvalue weighted by molar-refractivity contribution is 5.73. The lowest BCUT2D eigenvalue weighted by molar-refractivity contribution is -0.139. The van der Waals surface area contributed by atoms with Gasteiger partial charge in [-0.3, -0.25) is 4.79 Å². The number of hydrogen-bond acceptors (Lipinski definition) is 4. The Hall–Kier alpha value is -2.37. The van der Waals surface area contributed by atoms with Gasteiger partial charge < -0.3 is 19.3 Å². The first-order valence-electron chi connectivity index (χ1n) is 10.8. The van der Waals surface area contributed by atoms with Crippen LogP contribution in [0.25, 0.3) is 0 Å². The maximum atomic E-state index is 11.0. The molecule has 3 aliphatic rings. The van der Waals surface area contributed by atoms with Crippen LogP contribution in [0.1, 0.15) is 31.2 Å². The first kappa shape index (κ1) is 19.6. The van der Waals surface area contributed by atoms with E-state index in [4.69, 9.17) is 19.3 Å². The monoisotopic (exact) mass is 408 g/mol. The number of aliphatic carboxylic acids is 1. The van der Waals surface area contributed by atoms with Gasteiger partial charge in [0.1, 0.15) is 11.5 Å². The SMILES string of the molecule is O=C(O)C1CC1COCC12CCC(c3cccc(Oc4ccccc4)c3)(COC1)C2. The van der Waals surface area contributed by atoms with Crippen LogP contribution in [-0.4, -0.2) is 37.5 Å². The highest BCUT2D eigenvalue weighted by atomic mass is 16.5. The third-order valence-electron chi connectivity index (χ3n) is 7.04. The van der Waals surface area contributed by atoms with Gasteiger partial charge in [0.05, 0.1) is 32.3 Å². The molecule has 158 valence electrons. The van der Waals surface area contributed by atoms with Crippen molar-refractivity contribution in [1.29, 1.82) is 0 Å². The van der Waals surface area contributed by atoms with Gasteiger partial charge in [-0.2, -0.15) is 0 Å². The second kappa shape index (κ2) is 7.71. The van der Waals surface area contributed by atoms with E-state index in [2.05, 4.69) is 18.2 Å². The van der Waals surface area contributed by atoms with E-state index in [1.54, 1.807) is 0 Å². The van der Waals surface area contributed by atoms with Crippen LogP contribution in [0.2, 0.25) is 0 Å². The van der Waals surface area contributed by atoms with E-state index in [9.17, 15) is 4.79 Å². The molecule has 2 saturated carbocycles. The second-order valence-electron chi connectivity index (χ2n) is 9.35. The maximum absolute atomic E-state index is 11.0. The molecule has 30 heavy (non-hydrogen) atoms. The summed E-state index contributed by atoms with van der Waals surface area (Å²) in [5.41, 5.74) is 1.30. The molecule has 4 atom stereocenters. The minimum atomic E-state index is -0.694. The molecule has 0 aromatic heterocycles. The van der Waals surface area contributed by atoms with Gasteiger partial charge >= 0.3 is 5.97 Å². The summed E-state index contributed by atoms with van der Waals surface area (Å²) < 4.78 is 18.2. The molecule has 1 saturated heterocycles. The summed E-state index contributed by atoms with van der Waals surface area (Å²) in [6.45, 7) is 2.65. The van der Waals surface area contributed by atoms with Crippen molar-refractivity contribution in [1.82, 2.24) is 0 Å². The van der Waals surface area contributed by atoms with Gasteiger partial charge in [-0.15, -0.1) is 0 Å². The predicted molar refractivity (Wildman–Crippen MR) is 112 cm³/mol. The van der Waals surface area contributed by atoms with E-state index in [-0.39, 0.29) is 22.7 Å². The Morgan fingerprint density at radius 2 is 1.90 bits per heavy atom. The zero-order valence-electron chi connectivity index (χ0n) is 17.1. The first-order chi connectivity index (χ1) is 14.6. The molecule has 5 nitrogen and oxygen atoms in total. The minimum Gasteiger partial charge on any atom is -0.481 e. The van der Waals surface area contributed by atoms with Gasteiger partial charge in [0.2, 0.25) is 0 Å². The Bertz CT molecular complexity index is 913. The predicted octanol–water partition coefficient (Wildman–Crippen LogP) is 4.65. The summed E-state index contributed by atoms with van der Waals surface area (Å²) in [4.78, 5) is 11.0. The fourth-order valence-electron chi connectivity index (χ4n) is 5.28. The number of carbonyl (C=O) groups is 1. The van der Waals surface area contributed by atoms with Crippen molar-refractivity contribution in [2.45, 2.75) is 31.1 Å². The largest absolute Gasteiger partial charge is 0.481 e. The Balaban J connectivity index is 1.25. The van der Waals surface area contributed by atoms with Crippen LogP contribution in [0.15, 0.2) is 54.6 Å². The fourth-order valence-corrected chi connectivity index (χ4v) is 5.28. The van der Waals surface area contributed by atoms with Crippen molar-refractivity contribution in [3.63, 3.8) is 0 Å². The van der Waals surface area contributed by atoms with Crippen molar-refractivity contribution < 1.29 is 24.1 Å². The molecule has 0 amide bonds. The number of hydrogen-bond donors (Lipinski definition) is 1. The minimum absolute atomic E-state index is 0.000842. The van der Waals surface area contributed by atoms with Crippen molar-refractivity contribution in [3.05, 3.63) is 60.2 Å². The zero-order chi connectivity index (χ0) is 20.6. The number of ether oxygens (including phenoxy) is 3. The molecule has 1 N–H and O–H groups in total. The zero-order valence-corrected chi connectivity index (χ0v) is 17.1. The topological polar surface area (TPSA) is 65.0 Å². The molecule has 2 aliphatic carbocycles. The Labute approximate surface area is 177 Å². The molecule has 4 unspecified atom stereocenters. The molecular weight excluding hydrogens is 380 g/mol. The number of rotatable bonds is 8. The molecule has 2 bridgehead atoms. The number of benzene rings is 2. The van der Waals surface area contributed by atoms with Crippen molar-refractivity contribution in [2.75, 3.05) is 26.4 Å². The van der Waals surface area contributed by atoms with E-state index < -0.39 is 5.97 Å². The fraction of sp³-hybridized carbons (Fsp3) is 0.480. The summed E-state index contributed by atoms with van der Waals surface area (Å²) >= 11 is 0. The lowest BCUT2D eigenvalue weighted by Gasteiger charge is -2.39. The number of carboxylic acid groups (broad SMARTS) is 1. The third kappa shape index (κ3) is 3.84. The van der Waals surface area contributed by atoms with Gasteiger partial charge in [-0.1, -0.05) is 30.3 Å². The summed E-state index contributed by atoms with van der Waals surface area (Å²) in [5.74, 6) is 0.962. The summed E-state index contributed by atoms with van der Waals surface area (Å²) in [7, 11) is 0. The molecule has 0 spiro atoms. The summed E-state index contributed by atoms with van der Waals surface area (Å²) in [6, 6.07) is 18.2. The molecule has 0 radical (unpaired) electrons. The smallest absolute Gasteiger partial charge is 0.306 e. The Kier molecular flexibility index (Phi) is 5.03. The van der Waals surface area contributed by atoms with Gasteiger partial charge in [-0.25, -0.2) is 0 Å². The molecule has 3 fully saturated rings. The van der Waals surface area contributed by atoms with Crippen LogP contribution in [0, 0.1) is 17.3 Å². The van der Waals surface area contributed by atoms with Crippen LogP contribution < -0.4 is 4.74 Å². The summed E-state index contributed by atoms with van der Waals surface area (Å²) in [5, 5.41) is 9.06. The lowest BCUT2D eigenvalue weighted by atomic mass is 9.74. The second-order valence-corrected chi connectivity index (χ2v) is 9.35. The molecule has 5 rings (SSSR count). The molecular formula is C25H28O5. The number of para-hydroxylation sites is 1. The van der Waals surface area contributed by atoms with Gasteiger partial charge in [-0.05, 0) is 61.4 Å². The lowest BCUT2D eigenvalue weighted by Crippen LogP contribution is -2.41. The van der Waals surface area contributed by atoms with Crippen LogP contribution in [0.4, 0.5) is 0 Å². The van der Waals surface area contributed by atoms with E-state index in [0.29, 0.717) is 13.2 Å². The molecule has 1 heterocycles. The van der Waals surface area contributed by atoms with E-state index in [1.165, 1.54) is 5.56 Å². The van der Waals surface area contributed by atoms with E-state index in [1.807, 2.05) is 36.4 Å². The molecule has 2 aromatic carbocycles. The highest BCUT2D eigenvalue weighted by Gasteiger charge is 2.53. The average Bonchev–Trinajstić information content (AvgIpc) is 3.48. The van der Waals surface area contributed by atoms with Crippen molar-refractivity contribution >= 4 is 5.97 Å². The maximum Gasteiger partial charge on any atom is 0.306 e. The van der Waals surface area contributed by atoms with Gasteiger partial charge in [0, 0.05) is 10.8 Å². The standard InChI is InChI=1S/C25H28O5/c26-23(27)22-11-18(22)13-28-15-24-9-10-25(14-24,17-29-16-24)19-5-4-8-21(12-19)30-20-6-2-1-3-7-20/h1-8,12,18,22H,9-11,13-17H2,(H,26,27). The van der Waals surface area contributed by atoms with Crippen molar-refractivity contribution in [3.8, 4) is 11.5 Å². The quantitative estimate of drug-likeness (QED) is 0.689. The van der Waals surface area contributed by atoms with Crippen molar-refractivity contribution in [2.24, 2.45) is 17.3 Å². The highest BCUT2D eigenvalue weighted by Crippen LogP contribution is 2.55. The number of carboxylic acids is 1. The van der Waals surface area contributed by atoms with Crippen LogP contribution in [-0.2, 0) is 19.7 Å². The first-order valence-corrected chi connectivity index (χ1v) is 10.8.